The highest BCUT2D eigenvalue weighted by Gasteiger charge is 2.49. The lowest BCUT2D eigenvalue weighted by Crippen LogP contribution is -2.52. The van der Waals surface area contributed by atoms with Crippen LogP contribution in [0.25, 0.3) is 0 Å². The average molecular weight is 681 g/mol. The van der Waals surface area contributed by atoms with Crippen LogP contribution in [0.5, 0.6) is 5.75 Å². The molecule has 1 aliphatic rings. The zero-order valence-corrected chi connectivity index (χ0v) is 27.6. The molecule has 0 bridgehead atoms. The van der Waals surface area contributed by atoms with E-state index in [0.717, 1.165) is 6.26 Å². The van der Waals surface area contributed by atoms with E-state index in [0.29, 0.717) is 43.4 Å². The van der Waals surface area contributed by atoms with E-state index >= 15 is 0 Å². The van der Waals surface area contributed by atoms with Crippen molar-refractivity contribution in [2.45, 2.75) is 75.7 Å². The van der Waals surface area contributed by atoms with Crippen molar-refractivity contribution >= 4 is 35.2 Å². The fourth-order valence-corrected chi connectivity index (χ4v) is 8.94. The van der Waals surface area contributed by atoms with E-state index in [1.54, 1.807) is 42.5 Å². The number of nitrogens with two attached hydrogens (primary N) is 1. The summed E-state index contributed by atoms with van der Waals surface area (Å²) in [5.74, 6) is -4.07. The Morgan fingerprint density at radius 3 is 2.11 bits per heavy atom. The molecule has 254 valence electrons. The van der Waals surface area contributed by atoms with E-state index < -0.39 is 64.6 Å². The van der Waals surface area contributed by atoms with Gasteiger partial charge in [-0.25, -0.2) is 17.9 Å². The molecule has 8 N–H and O–H groups in total. The highest BCUT2D eigenvalue weighted by atomic mass is 32.2. The molecule has 3 unspecified atom stereocenters. The number of hydrogen-bond donors (Lipinski definition) is 7. The fourth-order valence-electron chi connectivity index (χ4n) is 5.82. The number of sulfonamides is 1. The van der Waals surface area contributed by atoms with Gasteiger partial charge in [0.15, 0.2) is 0 Å². The molecular weight excluding hydrogens is 635 g/mol. The van der Waals surface area contributed by atoms with Crippen LogP contribution in [0.4, 0.5) is 0 Å². The molecule has 3 rings (SSSR count). The van der Waals surface area contributed by atoms with E-state index in [4.69, 9.17) is 5.73 Å². The second kappa shape index (κ2) is 16.5. The van der Waals surface area contributed by atoms with Crippen LogP contribution >= 0.6 is 7.37 Å². The summed E-state index contributed by atoms with van der Waals surface area (Å²) >= 11 is 0. The first-order valence-corrected chi connectivity index (χ1v) is 19.1. The number of phenols is 1. The lowest BCUT2D eigenvalue weighted by molar-refractivity contribution is -0.143. The van der Waals surface area contributed by atoms with Crippen molar-refractivity contribution in [1.29, 1.82) is 0 Å². The van der Waals surface area contributed by atoms with Crippen LogP contribution in [0.1, 0.15) is 56.1 Å². The molecule has 1 saturated carbocycles. The fraction of sp³-hybridized carbons (Fsp3) is 0.516. The largest absolute Gasteiger partial charge is 0.508 e. The topological polar surface area (TPSA) is 225 Å². The number of carboxylic acids is 1. The normalized spacial score (nSPS) is 17.7. The Labute approximate surface area is 269 Å². The lowest BCUT2D eigenvalue weighted by atomic mass is 9.87. The average Bonchev–Trinajstić information content (AvgIpc) is 3.46. The SMILES string of the molecule is CS(=O)(=O)NC(CCCCN)C(=O)NC(Cc1ccccc1)P(=O)(O)CC1(C(=O)N[C@@H](Cc2ccc(O)cc2)C(=O)O)CCCC1. The van der Waals surface area contributed by atoms with Gasteiger partial charge in [0.1, 0.15) is 23.6 Å². The molecule has 15 heteroatoms. The summed E-state index contributed by atoms with van der Waals surface area (Å²) < 4.78 is 40.7. The Morgan fingerprint density at radius 1 is 0.935 bits per heavy atom. The van der Waals surface area contributed by atoms with E-state index in [1.165, 1.54) is 12.1 Å². The number of rotatable bonds is 18. The number of carbonyl (C=O) groups excluding carboxylic acids is 2. The summed E-state index contributed by atoms with van der Waals surface area (Å²) in [7, 11) is -8.22. The lowest BCUT2D eigenvalue weighted by Gasteiger charge is -2.34. The van der Waals surface area contributed by atoms with E-state index in [2.05, 4.69) is 15.4 Å². The van der Waals surface area contributed by atoms with Crippen molar-refractivity contribution in [2.24, 2.45) is 11.1 Å². The van der Waals surface area contributed by atoms with Crippen LogP contribution in [0.3, 0.4) is 0 Å². The molecule has 1 fully saturated rings. The second-order valence-corrected chi connectivity index (χ2v) is 16.3. The molecule has 1 aliphatic carbocycles. The summed E-state index contributed by atoms with van der Waals surface area (Å²) in [6.07, 6.45) is 3.05. The third kappa shape index (κ3) is 11.2. The number of carbonyl (C=O) groups is 3. The molecule has 4 atom stereocenters. The predicted molar refractivity (Wildman–Crippen MR) is 174 cm³/mol. The third-order valence-corrected chi connectivity index (χ3v) is 11.3. The molecule has 2 aromatic rings. The summed E-state index contributed by atoms with van der Waals surface area (Å²) in [4.78, 5) is 51.1. The van der Waals surface area contributed by atoms with Gasteiger partial charge in [0.2, 0.25) is 29.2 Å². The number of nitrogens with one attached hydrogen (secondary N) is 3. The highest BCUT2D eigenvalue weighted by Crippen LogP contribution is 2.55. The maximum absolute atomic E-state index is 14.3. The Hall–Kier alpha value is -3.29. The standard InChI is InChI=1S/C31H45N4O9PS/c1-46(43,44)35-25(11-5-8-18-32)28(37)34-27(20-22-9-3-2-4-10-22)45(41,42)21-31(16-6-7-17-31)30(40)33-26(29(38)39)19-23-12-14-24(36)15-13-23/h2-4,9-10,12-15,25-27,35-36H,5-8,11,16-21,32H2,1H3,(H,33,40)(H,34,37)(H,38,39)(H,41,42)/t25?,26-,27?/m0/s1. The van der Waals surface area contributed by atoms with Crippen molar-refractivity contribution in [3.63, 3.8) is 0 Å². The molecule has 0 heterocycles. The first-order valence-electron chi connectivity index (χ1n) is 15.3. The van der Waals surface area contributed by atoms with Gasteiger partial charge in [-0.15, -0.1) is 0 Å². The minimum Gasteiger partial charge on any atom is -0.508 e. The van der Waals surface area contributed by atoms with Crippen molar-refractivity contribution in [3.05, 3.63) is 65.7 Å². The van der Waals surface area contributed by atoms with Crippen LogP contribution in [0, 0.1) is 5.41 Å². The Balaban J connectivity index is 1.88. The summed E-state index contributed by atoms with van der Waals surface area (Å²) in [5.41, 5.74) is 5.40. The van der Waals surface area contributed by atoms with Gasteiger partial charge in [-0.2, -0.15) is 0 Å². The number of phenolic OH excluding ortho intramolecular Hbond substituents is 1. The highest BCUT2D eigenvalue weighted by molar-refractivity contribution is 7.88. The van der Waals surface area contributed by atoms with Gasteiger partial charge in [-0.05, 0) is 55.5 Å². The van der Waals surface area contributed by atoms with Crippen LogP contribution in [0.15, 0.2) is 54.6 Å². The van der Waals surface area contributed by atoms with Gasteiger partial charge < -0.3 is 31.5 Å². The Morgan fingerprint density at radius 2 is 1.54 bits per heavy atom. The molecular formula is C31H45N4O9PS. The number of aliphatic carboxylic acids is 1. The number of benzene rings is 2. The van der Waals surface area contributed by atoms with Gasteiger partial charge in [-0.3, -0.25) is 14.2 Å². The first-order chi connectivity index (χ1) is 21.6. The smallest absolute Gasteiger partial charge is 0.326 e. The van der Waals surface area contributed by atoms with Gasteiger partial charge in [0.05, 0.1) is 11.7 Å². The molecule has 13 nitrogen and oxygen atoms in total. The van der Waals surface area contributed by atoms with E-state index in [9.17, 15) is 42.5 Å². The van der Waals surface area contributed by atoms with Gasteiger partial charge in [0.25, 0.3) is 0 Å². The van der Waals surface area contributed by atoms with Crippen molar-refractivity contribution in [2.75, 3.05) is 19.0 Å². The first kappa shape index (κ1) is 37.2. The molecule has 46 heavy (non-hydrogen) atoms. The monoisotopic (exact) mass is 680 g/mol. The van der Waals surface area contributed by atoms with Crippen molar-refractivity contribution in [1.82, 2.24) is 15.4 Å². The number of unbranched alkanes of at least 4 members (excludes halogenated alkanes) is 1. The minimum atomic E-state index is -4.42. The summed E-state index contributed by atoms with van der Waals surface area (Å²) in [6.45, 7) is 0.345. The molecule has 0 aromatic heterocycles. The van der Waals surface area contributed by atoms with Crippen molar-refractivity contribution < 1.29 is 42.5 Å². The Kier molecular flexibility index (Phi) is 13.3. The van der Waals surface area contributed by atoms with Crippen molar-refractivity contribution in [3.8, 4) is 5.75 Å². The molecule has 2 aromatic carbocycles. The zero-order chi connectivity index (χ0) is 34.0. The predicted octanol–water partition coefficient (Wildman–Crippen LogP) is 2.07. The second-order valence-electron chi connectivity index (χ2n) is 12.1. The number of carboxylic acid groups (broad SMARTS) is 1. The molecule has 0 saturated heterocycles. The quantitative estimate of drug-likeness (QED) is 0.0896. The number of hydrogen-bond acceptors (Lipinski definition) is 8. The summed E-state index contributed by atoms with van der Waals surface area (Å²) in [6, 6.07) is 12.1. The maximum Gasteiger partial charge on any atom is 0.326 e. The van der Waals surface area contributed by atoms with Gasteiger partial charge in [0, 0.05) is 19.0 Å². The van der Waals surface area contributed by atoms with Gasteiger partial charge in [-0.1, -0.05) is 61.7 Å². The van der Waals surface area contributed by atoms with E-state index in [-0.39, 0.29) is 37.9 Å². The molecule has 0 radical (unpaired) electrons. The summed E-state index contributed by atoms with van der Waals surface area (Å²) in [5, 5.41) is 24.6. The van der Waals surface area contributed by atoms with Gasteiger partial charge >= 0.3 is 5.97 Å². The van der Waals surface area contributed by atoms with E-state index in [1.807, 2.05) is 0 Å². The molecule has 0 aliphatic heterocycles. The van der Waals surface area contributed by atoms with Crippen LogP contribution in [-0.4, -0.2) is 78.1 Å². The van der Waals surface area contributed by atoms with Crippen LogP contribution in [0.2, 0.25) is 0 Å². The van der Waals surface area contributed by atoms with Crippen LogP contribution in [-0.2, 0) is 41.8 Å². The number of amides is 2. The number of aromatic hydroxyl groups is 1. The Bertz CT molecular complexity index is 1480. The molecule has 2 amide bonds. The van der Waals surface area contributed by atoms with Crippen LogP contribution < -0.4 is 21.1 Å². The third-order valence-electron chi connectivity index (χ3n) is 8.24. The minimum absolute atomic E-state index is 0.00870. The zero-order valence-electron chi connectivity index (χ0n) is 25.9. The maximum atomic E-state index is 14.3. The molecule has 0 spiro atoms.